The van der Waals surface area contributed by atoms with Crippen molar-refractivity contribution in [1.82, 2.24) is 0 Å². The molecule has 2 aromatic rings. The minimum atomic E-state index is -0.492. The van der Waals surface area contributed by atoms with Gasteiger partial charge in [0.25, 0.3) is 0 Å². The molecular formula is C20H20O4. The van der Waals surface area contributed by atoms with Gasteiger partial charge < -0.3 is 9.47 Å². The van der Waals surface area contributed by atoms with Crippen LogP contribution in [0.4, 0.5) is 0 Å². The summed E-state index contributed by atoms with van der Waals surface area (Å²) in [6.45, 7) is 7.09. The Morgan fingerprint density at radius 2 is 1.38 bits per heavy atom. The summed E-state index contributed by atoms with van der Waals surface area (Å²) in [4.78, 5) is 23.1. The highest BCUT2D eigenvalue weighted by atomic mass is 16.6. The van der Waals surface area contributed by atoms with E-state index in [2.05, 4.69) is 6.58 Å². The first-order valence-electron chi connectivity index (χ1n) is 7.64. The van der Waals surface area contributed by atoms with Crippen molar-refractivity contribution >= 4 is 11.9 Å². The Hall–Kier alpha value is -2.88. The minimum absolute atomic E-state index is 0.0115. The molecular weight excluding hydrogens is 304 g/mol. The number of rotatable bonds is 6. The van der Waals surface area contributed by atoms with Crippen LogP contribution in [0.1, 0.15) is 22.8 Å². The van der Waals surface area contributed by atoms with Gasteiger partial charge in [0.15, 0.2) is 0 Å². The quantitative estimate of drug-likeness (QED) is 0.459. The van der Waals surface area contributed by atoms with E-state index in [1.807, 2.05) is 43.3 Å². The van der Waals surface area contributed by atoms with E-state index in [9.17, 15) is 9.59 Å². The highest BCUT2D eigenvalue weighted by Gasteiger charge is 2.08. The lowest BCUT2D eigenvalue weighted by Gasteiger charge is -2.07. The third-order valence-corrected chi connectivity index (χ3v) is 3.40. The van der Waals surface area contributed by atoms with E-state index in [0.717, 1.165) is 11.1 Å². The first-order chi connectivity index (χ1) is 11.5. The monoisotopic (exact) mass is 324 g/mol. The van der Waals surface area contributed by atoms with Crippen molar-refractivity contribution in [3.05, 3.63) is 71.8 Å². The second kappa shape index (κ2) is 8.11. The Bertz CT molecular complexity index is 727. The zero-order valence-corrected chi connectivity index (χ0v) is 13.9. The molecule has 4 heteroatoms. The predicted octanol–water partition coefficient (Wildman–Crippen LogP) is 3.94. The van der Waals surface area contributed by atoms with Crippen LogP contribution < -0.4 is 0 Å². The summed E-state index contributed by atoms with van der Waals surface area (Å²) < 4.78 is 9.93. The number of benzene rings is 2. The van der Waals surface area contributed by atoms with Crippen LogP contribution >= 0.6 is 0 Å². The average molecular weight is 324 g/mol. The minimum Gasteiger partial charge on any atom is -0.459 e. The molecule has 0 unspecified atom stereocenters. The molecule has 0 aliphatic carbocycles. The molecule has 4 nitrogen and oxygen atoms in total. The summed E-state index contributed by atoms with van der Waals surface area (Å²) in [5, 5.41) is 0. The fourth-order valence-corrected chi connectivity index (χ4v) is 2.02. The third-order valence-electron chi connectivity index (χ3n) is 3.40. The van der Waals surface area contributed by atoms with Crippen LogP contribution in [0.5, 0.6) is 0 Å². The Balaban J connectivity index is 1.88. The van der Waals surface area contributed by atoms with Crippen molar-refractivity contribution in [3.63, 3.8) is 0 Å². The summed E-state index contributed by atoms with van der Waals surface area (Å²) in [7, 11) is 0. The number of carbonyl (C=O) groups excluding carboxylic acids is 2. The maximum atomic E-state index is 11.9. The standard InChI is InChI=1S/C20H20O4/c1-14(2)19(21)23-12-13-24-20(22)18-10-8-17(9-11-18)16-6-4-15(3)5-7-16/h4-11H,1,12-13H2,2-3H3. The van der Waals surface area contributed by atoms with Crippen molar-refractivity contribution < 1.29 is 19.1 Å². The van der Waals surface area contributed by atoms with E-state index in [1.165, 1.54) is 5.56 Å². The molecule has 0 bridgehead atoms. The van der Waals surface area contributed by atoms with Gasteiger partial charge in [0, 0.05) is 5.57 Å². The predicted molar refractivity (Wildman–Crippen MR) is 92.7 cm³/mol. The summed E-state index contributed by atoms with van der Waals surface area (Å²) >= 11 is 0. The topological polar surface area (TPSA) is 52.6 Å². The molecule has 0 fully saturated rings. The van der Waals surface area contributed by atoms with Crippen LogP contribution in [0.15, 0.2) is 60.7 Å². The number of esters is 2. The van der Waals surface area contributed by atoms with Gasteiger partial charge in [0.05, 0.1) is 5.56 Å². The fourth-order valence-electron chi connectivity index (χ4n) is 2.02. The smallest absolute Gasteiger partial charge is 0.338 e. The first kappa shape index (κ1) is 17.5. The summed E-state index contributed by atoms with van der Waals surface area (Å²) in [5.74, 6) is -0.940. The van der Waals surface area contributed by atoms with Gasteiger partial charge in [-0.15, -0.1) is 0 Å². The summed E-state index contributed by atoms with van der Waals surface area (Å²) in [6, 6.07) is 15.4. The SMILES string of the molecule is C=C(C)C(=O)OCCOC(=O)c1ccc(-c2ccc(C)cc2)cc1. The van der Waals surface area contributed by atoms with Crippen LogP contribution in [-0.2, 0) is 14.3 Å². The third kappa shape index (κ3) is 4.81. The maximum absolute atomic E-state index is 11.9. The molecule has 0 atom stereocenters. The van der Waals surface area contributed by atoms with Crippen molar-refractivity contribution in [2.24, 2.45) is 0 Å². The van der Waals surface area contributed by atoms with Crippen LogP contribution in [0, 0.1) is 6.92 Å². The molecule has 124 valence electrons. The largest absolute Gasteiger partial charge is 0.459 e. The van der Waals surface area contributed by atoms with Crippen molar-refractivity contribution in [2.45, 2.75) is 13.8 Å². The molecule has 2 aromatic carbocycles. The fraction of sp³-hybridized carbons (Fsp3) is 0.200. The Morgan fingerprint density at radius 3 is 1.92 bits per heavy atom. The van der Waals surface area contributed by atoms with Gasteiger partial charge in [0.1, 0.15) is 13.2 Å². The van der Waals surface area contributed by atoms with E-state index in [0.29, 0.717) is 11.1 Å². The van der Waals surface area contributed by atoms with Crippen LogP contribution in [-0.4, -0.2) is 25.2 Å². The molecule has 2 rings (SSSR count). The van der Waals surface area contributed by atoms with Gasteiger partial charge >= 0.3 is 11.9 Å². The van der Waals surface area contributed by atoms with Crippen LogP contribution in [0.25, 0.3) is 11.1 Å². The summed E-state index contributed by atoms with van der Waals surface area (Å²) in [6.07, 6.45) is 0. The number of hydrogen-bond acceptors (Lipinski definition) is 4. The molecule has 0 saturated carbocycles. The number of aryl methyl sites for hydroxylation is 1. The van der Waals surface area contributed by atoms with Gasteiger partial charge in [-0.05, 0) is 37.1 Å². The zero-order chi connectivity index (χ0) is 17.5. The summed E-state index contributed by atoms with van der Waals surface area (Å²) in [5.41, 5.74) is 4.09. The molecule has 24 heavy (non-hydrogen) atoms. The lowest BCUT2D eigenvalue weighted by molar-refractivity contribution is -0.140. The second-order valence-corrected chi connectivity index (χ2v) is 5.50. The van der Waals surface area contributed by atoms with Gasteiger partial charge in [-0.3, -0.25) is 0 Å². The van der Waals surface area contributed by atoms with Gasteiger partial charge in [-0.25, -0.2) is 9.59 Å². The number of carbonyl (C=O) groups is 2. The molecule has 0 aromatic heterocycles. The molecule has 0 radical (unpaired) electrons. The lowest BCUT2D eigenvalue weighted by Crippen LogP contribution is -2.14. The van der Waals surface area contributed by atoms with Gasteiger partial charge in [-0.1, -0.05) is 48.5 Å². The highest BCUT2D eigenvalue weighted by molar-refractivity contribution is 5.90. The first-order valence-corrected chi connectivity index (χ1v) is 7.64. The highest BCUT2D eigenvalue weighted by Crippen LogP contribution is 2.20. The lowest BCUT2D eigenvalue weighted by atomic mass is 10.0. The number of hydrogen-bond donors (Lipinski definition) is 0. The molecule has 0 heterocycles. The van der Waals surface area contributed by atoms with Crippen LogP contribution in [0.3, 0.4) is 0 Å². The molecule has 0 saturated heterocycles. The van der Waals surface area contributed by atoms with Crippen molar-refractivity contribution in [3.8, 4) is 11.1 Å². The van der Waals surface area contributed by atoms with Crippen molar-refractivity contribution in [1.29, 1.82) is 0 Å². The van der Waals surface area contributed by atoms with Gasteiger partial charge in [-0.2, -0.15) is 0 Å². The molecule has 0 aliphatic heterocycles. The van der Waals surface area contributed by atoms with Gasteiger partial charge in [0.2, 0.25) is 0 Å². The van der Waals surface area contributed by atoms with E-state index < -0.39 is 11.9 Å². The normalized spacial score (nSPS) is 10.1. The molecule has 0 aliphatic rings. The van der Waals surface area contributed by atoms with Crippen molar-refractivity contribution in [2.75, 3.05) is 13.2 Å². The number of ether oxygens (including phenoxy) is 2. The average Bonchev–Trinajstić information content (AvgIpc) is 2.59. The van der Waals surface area contributed by atoms with E-state index in [4.69, 9.17) is 9.47 Å². The molecule has 0 N–H and O–H groups in total. The maximum Gasteiger partial charge on any atom is 0.338 e. The Kier molecular flexibility index (Phi) is 5.90. The van der Waals surface area contributed by atoms with E-state index in [1.54, 1.807) is 19.1 Å². The second-order valence-electron chi connectivity index (χ2n) is 5.50. The zero-order valence-electron chi connectivity index (χ0n) is 13.9. The Morgan fingerprint density at radius 1 is 0.875 bits per heavy atom. The Labute approximate surface area is 141 Å². The molecule has 0 amide bonds. The van der Waals surface area contributed by atoms with E-state index in [-0.39, 0.29) is 13.2 Å². The molecule has 0 spiro atoms. The van der Waals surface area contributed by atoms with E-state index >= 15 is 0 Å². The van der Waals surface area contributed by atoms with Crippen LogP contribution in [0.2, 0.25) is 0 Å².